The molecule has 0 saturated carbocycles. The van der Waals surface area contributed by atoms with Crippen LogP contribution in [0.3, 0.4) is 0 Å². The lowest BCUT2D eigenvalue weighted by Crippen LogP contribution is -2.13. The van der Waals surface area contributed by atoms with E-state index < -0.39 is 34.6 Å². The van der Waals surface area contributed by atoms with Crippen molar-refractivity contribution in [3.63, 3.8) is 0 Å². The molecule has 0 saturated heterocycles. The Morgan fingerprint density at radius 1 is 0.909 bits per heavy atom. The number of aryl methyl sites for hydroxylation is 1. The van der Waals surface area contributed by atoms with Crippen molar-refractivity contribution >= 4 is 0 Å². The smallest absolute Gasteiger partial charge is 0.307 e. The number of nitrogens with one attached hydrogen (secondary N) is 1. The van der Waals surface area contributed by atoms with Gasteiger partial charge in [0, 0.05) is 17.3 Å². The van der Waals surface area contributed by atoms with Crippen molar-refractivity contribution in [2.75, 3.05) is 0 Å². The summed E-state index contributed by atoms with van der Waals surface area (Å²) in [5.41, 5.74) is -3.91. The van der Waals surface area contributed by atoms with E-state index in [1.165, 1.54) is 6.92 Å². The van der Waals surface area contributed by atoms with Crippen LogP contribution < -0.4 is 5.56 Å². The van der Waals surface area contributed by atoms with Crippen molar-refractivity contribution in [3.05, 3.63) is 51.4 Å². The van der Waals surface area contributed by atoms with Gasteiger partial charge in [-0.2, -0.15) is 26.3 Å². The molecule has 0 aliphatic carbocycles. The van der Waals surface area contributed by atoms with Gasteiger partial charge in [0.2, 0.25) is 0 Å². The fourth-order valence-electron chi connectivity index (χ4n) is 1.81. The van der Waals surface area contributed by atoms with Crippen LogP contribution >= 0.6 is 0 Å². The van der Waals surface area contributed by atoms with Crippen molar-refractivity contribution in [1.82, 2.24) is 9.97 Å². The van der Waals surface area contributed by atoms with Gasteiger partial charge in [-0.25, -0.2) is 4.98 Å². The van der Waals surface area contributed by atoms with Gasteiger partial charge in [0.1, 0.15) is 5.82 Å². The van der Waals surface area contributed by atoms with Crippen molar-refractivity contribution in [3.8, 4) is 11.4 Å². The number of rotatable bonds is 1. The largest absolute Gasteiger partial charge is 0.416 e. The maximum Gasteiger partial charge on any atom is 0.416 e. The van der Waals surface area contributed by atoms with Crippen LogP contribution in [-0.2, 0) is 12.4 Å². The molecule has 3 nitrogen and oxygen atoms in total. The van der Waals surface area contributed by atoms with Gasteiger partial charge >= 0.3 is 12.4 Å². The molecule has 1 aromatic heterocycles. The quantitative estimate of drug-likeness (QED) is 0.812. The zero-order valence-corrected chi connectivity index (χ0v) is 10.9. The van der Waals surface area contributed by atoms with Crippen LogP contribution in [-0.4, -0.2) is 9.97 Å². The monoisotopic (exact) mass is 322 g/mol. The minimum atomic E-state index is -4.96. The Labute approximate surface area is 119 Å². The van der Waals surface area contributed by atoms with E-state index in [-0.39, 0.29) is 17.6 Å². The van der Waals surface area contributed by atoms with E-state index in [0.717, 1.165) is 6.07 Å². The van der Waals surface area contributed by atoms with Crippen LogP contribution in [0.1, 0.15) is 16.8 Å². The Hall–Kier alpha value is -2.32. The van der Waals surface area contributed by atoms with Crippen LogP contribution in [0.15, 0.2) is 29.1 Å². The zero-order valence-electron chi connectivity index (χ0n) is 10.9. The Balaban J connectivity index is 2.72. The molecular formula is C13H8F6N2O. The summed E-state index contributed by atoms with van der Waals surface area (Å²) in [5, 5.41) is 0. The summed E-state index contributed by atoms with van der Waals surface area (Å²) in [4.78, 5) is 17.2. The number of alkyl halides is 6. The lowest BCUT2D eigenvalue weighted by atomic mass is 10.0. The molecule has 9 heteroatoms. The summed E-state index contributed by atoms with van der Waals surface area (Å²) in [6.07, 6.45) is -9.92. The molecule has 0 amide bonds. The minimum absolute atomic E-state index is 0.0113. The maximum atomic E-state index is 12.8. The second-order valence-corrected chi connectivity index (χ2v) is 4.53. The predicted octanol–water partition coefficient (Wildman–Crippen LogP) is 3.78. The fraction of sp³-hybridized carbons (Fsp3) is 0.231. The summed E-state index contributed by atoms with van der Waals surface area (Å²) in [6, 6.07) is 2.10. The highest BCUT2D eigenvalue weighted by molar-refractivity contribution is 5.58. The molecule has 0 fully saturated rings. The van der Waals surface area contributed by atoms with Gasteiger partial charge in [0.15, 0.2) is 0 Å². The summed E-state index contributed by atoms with van der Waals surface area (Å²) in [6.45, 7) is 1.40. The van der Waals surface area contributed by atoms with Gasteiger partial charge in [-0.3, -0.25) is 4.79 Å². The van der Waals surface area contributed by atoms with Gasteiger partial charge in [0.25, 0.3) is 5.56 Å². The van der Waals surface area contributed by atoms with E-state index in [1.807, 2.05) is 0 Å². The van der Waals surface area contributed by atoms with E-state index in [1.54, 1.807) is 0 Å². The van der Waals surface area contributed by atoms with Crippen LogP contribution in [0.2, 0.25) is 0 Å². The highest BCUT2D eigenvalue weighted by Gasteiger charge is 2.37. The molecule has 0 aliphatic rings. The second-order valence-electron chi connectivity index (χ2n) is 4.53. The van der Waals surface area contributed by atoms with Gasteiger partial charge in [-0.15, -0.1) is 0 Å². The number of hydrogen-bond acceptors (Lipinski definition) is 2. The highest BCUT2D eigenvalue weighted by Crippen LogP contribution is 2.37. The second kappa shape index (κ2) is 5.15. The number of halogens is 6. The lowest BCUT2D eigenvalue weighted by molar-refractivity contribution is -0.143. The van der Waals surface area contributed by atoms with Crippen molar-refractivity contribution in [2.45, 2.75) is 19.3 Å². The third-order valence-electron chi connectivity index (χ3n) is 2.73. The first kappa shape index (κ1) is 16.1. The SMILES string of the molecule is Cc1cc(=O)[nH]c(-c2cc(C(F)(F)F)cc(C(F)(F)F)c2)n1. The molecule has 0 spiro atoms. The number of nitrogens with zero attached hydrogens (tertiary/aromatic N) is 1. The van der Waals surface area contributed by atoms with Crippen LogP contribution in [0.5, 0.6) is 0 Å². The Kier molecular flexibility index (Phi) is 3.76. The number of aromatic amines is 1. The first-order valence-electron chi connectivity index (χ1n) is 5.84. The van der Waals surface area contributed by atoms with Crippen molar-refractivity contribution in [1.29, 1.82) is 0 Å². The summed E-state index contributed by atoms with van der Waals surface area (Å²) < 4.78 is 76.5. The van der Waals surface area contributed by atoms with Gasteiger partial charge < -0.3 is 4.98 Å². The number of aromatic nitrogens is 2. The van der Waals surface area contributed by atoms with Crippen LogP contribution in [0, 0.1) is 6.92 Å². The van der Waals surface area contributed by atoms with E-state index in [9.17, 15) is 31.1 Å². The third-order valence-corrected chi connectivity index (χ3v) is 2.73. The average Bonchev–Trinajstić information content (AvgIpc) is 2.35. The topological polar surface area (TPSA) is 45.8 Å². The molecule has 0 unspecified atom stereocenters. The van der Waals surface area contributed by atoms with Crippen LogP contribution in [0.4, 0.5) is 26.3 Å². The first-order chi connectivity index (χ1) is 9.96. The highest BCUT2D eigenvalue weighted by atomic mass is 19.4. The van der Waals surface area contributed by atoms with E-state index >= 15 is 0 Å². The number of H-pyrrole nitrogens is 1. The molecule has 1 heterocycles. The molecule has 2 rings (SSSR count). The Bertz CT molecular complexity index is 728. The molecule has 2 aromatic rings. The average molecular weight is 322 g/mol. The summed E-state index contributed by atoms with van der Waals surface area (Å²) in [5.74, 6) is -0.360. The van der Waals surface area contributed by atoms with E-state index in [0.29, 0.717) is 12.1 Å². The van der Waals surface area contributed by atoms with Crippen molar-refractivity contribution < 1.29 is 26.3 Å². The molecule has 0 atom stereocenters. The summed E-state index contributed by atoms with van der Waals surface area (Å²) in [7, 11) is 0. The molecule has 0 aliphatic heterocycles. The molecule has 0 radical (unpaired) electrons. The maximum absolute atomic E-state index is 12.8. The summed E-state index contributed by atoms with van der Waals surface area (Å²) >= 11 is 0. The normalized spacial score (nSPS) is 12.5. The van der Waals surface area contributed by atoms with E-state index in [4.69, 9.17) is 0 Å². The Morgan fingerprint density at radius 3 is 1.82 bits per heavy atom. The predicted molar refractivity (Wildman–Crippen MR) is 65.0 cm³/mol. The molecule has 118 valence electrons. The van der Waals surface area contributed by atoms with Gasteiger partial charge in [-0.1, -0.05) is 0 Å². The van der Waals surface area contributed by atoms with Crippen molar-refractivity contribution in [2.24, 2.45) is 0 Å². The zero-order chi connectivity index (χ0) is 16.7. The number of benzene rings is 1. The minimum Gasteiger partial charge on any atom is -0.307 e. The molecule has 1 aromatic carbocycles. The fourth-order valence-corrected chi connectivity index (χ4v) is 1.81. The van der Waals surface area contributed by atoms with Gasteiger partial charge in [0.05, 0.1) is 11.1 Å². The first-order valence-corrected chi connectivity index (χ1v) is 5.84. The standard InChI is InChI=1S/C13H8F6N2O/c1-6-2-10(22)21-11(20-6)7-3-8(12(14,15)16)5-9(4-7)13(17,18)19/h2-5H,1H3,(H,20,21,22). The third kappa shape index (κ3) is 3.46. The number of hydrogen-bond donors (Lipinski definition) is 1. The van der Waals surface area contributed by atoms with E-state index in [2.05, 4.69) is 9.97 Å². The van der Waals surface area contributed by atoms with Gasteiger partial charge in [-0.05, 0) is 25.1 Å². The molecule has 0 bridgehead atoms. The molecule has 22 heavy (non-hydrogen) atoms. The lowest BCUT2D eigenvalue weighted by Gasteiger charge is -2.14. The van der Waals surface area contributed by atoms with Crippen LogP contribution in [0.25, 0.3) is 11.4 Å². The molecule has 1 N–H and O–H groups in total. The molecular weight excluding hydrogens is 314 g/mol. The Morgan fingerprint density at radius 2 is 1.41 bits per heavy atom.